The average Bonchev–Trinajstić information content (AvgIpc) is 2.16. The molecule has 0 bridgehead atoms. The van der Waals surface area contributed by atoms with Crippen LogP contribution in [0.3, 0.4) is 0 Å². The molecule has 1 rings (SSSR count). The van der Waals surface area contributed by atoms with Crippen molar-refractivity contribution in [1.82, 2.24) is 4.98 Å². The largest absolute Gasteiger partial charge is 0.479 e. The summed E-state index contributed by atoms with van der Waals surface area (Å²) in [5, 5.41) is -1.19. The molecule has 1 aromatic heterocycles. The van der Waals surface area contributed by atoms with Gasteiger partial charge in [0, 0.05) is 0 Å². The lowest BCUT2D eigenvalue weighted by molar-refractivity contribution is 0.105. The van der Waals surface area contributed by atoms with E-state index in [-0.39, 0.29) is 0 Å². The van der Waals surface area contributed by atoms with Crippen LogP contribution in [0, 0.1) is 5.82 Å². The zero-order chi connectivity index (χ0) is 11.6. The Bertz CT molecular complexity index is 398. The number of nitrogens with zero attached hydrogens (tertiary/aromatic N) is 1. The van der Waals surface area contributed by atoms with Crippen LogP contribution in [0.5, 0.6) is 5.88 Å². The number of carbonyl (C=O) groups is 1. The monoisotopic (exact) mass is 239 g/mol. The third-order valence-corrected chi connectivity index (χ3v) is 1.77. The fourth-order valence-electron chi connectivity index (χ4n) is 0.953. The quantitative estimate of drug-likeness (QED) is 0.761. The Kier molecular flexibility index (Phi) is 3.52. The van der Waals surface area contributed by atoms with Crippen molar-refractivity contribution in [3.8, 4) is 5.88 Å². The number of halogens is 4. The minimum atomic E-state index is -3.03. The molecule has 0 N–H and O–H groups in total. The summed E-state index contributed by atoms with van der Waals surface area (Å²) in [6.07, 6.45) is -3.03. The van der Waals surface area contributed by atoms with Crippen LogP contribution >= 0.6 is 11.6 Å². The Morgan fingerprint density at radius 2 is 2.20 bits per heavy atom. The predicted octanol–water partition coefficient (Wildman–Crippen LogP) is 2.55. The van der Waals surface area contributed by atoms with Crippen LogP contribution in [0.4, 0.5) is 13.2 Å². The van der Waals surface area contributed by atoms with Gasteiger partial charge in [-0.25, -0.2) is 18.2 Å². The van der Waals surface area contributed by atoms with Crippen molar-refractivity contribution in [3.63, 3.8) is 0 Å². The molecule has 0 aromatic carbocycles. The summed E-state index contributed by atoms with van der Waals surface area (Å²) in [6, 6.07) is 0.478. The molecule has 0 saturated carbocycles. The molecule has 1 aromatic rings. The second-order valence-electron chi connectivity index (χ2n) is 2.49. The van der Waals surface area contributed by atoms with Gasteiger partial charge in [0.2, 0.25) is 0 Å². The number of methoxy groups -OCH3 is 1. The summed E-state index contributed by atoms with van der Waals surface area (Å²) < 4.78 is 42.1. The van der Waals surface area contributed by atoms with Gasteiger partial charge in [-0.3, -0.25) is 4.79 Å². The van der Waals surface area contributed by atoms with Crippen molar-refractivity contribution in [1.29, 1.82) is 0 Å². The molecule has 0 atom stereocenters. The molecule has 0 aliphatic rings. The molecule has 1 heterocycles. The Morgan fingerprint density at radius 3 is 2.60 bits per heavy atom. The maximum Gasteiger partial charge on any atom is 0.271 e. The first-order valence-electron chi connectivity index (χ1n) is 3.69. The van der Waals surface area contributed by atoms with E-state index < -0.39 is 34.6 Å². The SMILES string of the molecule is COc1nc(C(=O)Cl)c(C(F)F)cc1F. The van der Waals surface area contributed by atoms with Crippen LogP contribution in [0.2, 0.25) is 0 Å². The van der Waals surface area contributed by atoms with Crippen molar-refractivity contribution in [2.45, 2.75) is 6.43 Å². The van der Waals surface area contributed by atoms with Gasteiger partial charge in [-0.2, -0.15) is 0 Å². The van der Waals surface area contributed by atoms with Crippen molar-refractivity contribution >= 4 is 16.8 Å². The molecule has 0 aliphatic carbocycles. The highest BCUT2D eigenvalue weighted by Gasteiger charge is 2.22. The van der Waals surface area contributed by atoms with E-state index in [9.17, 15) is 18.0 Å². The molecule has 0 spiro atoms. The van der Waals surface area contributed by atoms with Gasteiger partial charge in [-0.05, 0) is 17.7 Å². The van der Waals surface area contributed by atoms with Crippen LogP contribution in [-0.2, 0) is 0 Å². The number of alkyl halides is 2. The third kappa shape index (κ3) is 2.38. The number of rotatable bonds is 3. The molecular weight excluding hydrogens is 235 g/mol. The molecule has 0 saturated heterocycles. The standard InChI is InChI=1S/C8H5ClF3NO2/c1-15-8-4(10)2-3(7(11)12)5(13-8)6(9)14/h2,7H,1H3. The van der Waals surface area contributed by atoms with Crippen LogP contribution in [-0.4, -0.2) is 17.3 Å². The minimum absolute atomic E-state index is 0.478. The fraction of sp³-hybridized carbons (Fsp3) is 0.250. The molecule has 82 valence electrons. The number of pyridine rings is 1. The highest BCUT2D eigenvalue weighted by Crippen LogP contribution is 2.27. The molecule has 0 radical (unpaired) electrons. The van der Waals surface area contributed by atoms with Crippen LogP contribution in [0.1, 0.15) is 22.5 Å². The summed E-state index contributed by atoms with van der Waals surface area (Å²) in [4.78, 5) is 14.0. The lowest BCUT2D eigenvalue weighted by Gasteiger charge is -2.07. The second kappa shape index (κ2) is 4.48. The van der Waals surface area contributed by atoms with Crippen LogP contribution in [0.15, 0.2) is 6.07 Å². The van der Waals surface area contributed by atoms with E-state index in [0.717, 1.165) is 7.11 Å². The van der Waals surface area contributed by atoms with Gasteiger partial charge in [0.1, 0.15) is 5.69 Å². The Hall–Kier alpha value is -1.30. The van der Waals surface area contributed by atoms with Crippen molar-refractivity contribution in [2.75, 3.05) is 7.11 Å². The van der Waals surface area contributed by atoms with Crippen LogP contribution in [0.25, 0.3) is 0 Å². The lowest BCUT2D eigenvalue weighted by Crippen LogP contribution is -2.05. The van der Waals surface area contributed by atoms with E-state index in [1.807, 2.05) is 0 Å². The third-order valence-electron chi connectivity index (χ3n) is 1.59. The molecule has 15 heavy (non-hydrogen) atoms. The molecule has 0 amide bonds. The second-order valence-corrected chi connectivity index (χ2v) is 2.83. The summed E-state index contributed by atoms with van der Waals surface area (Å²) in [6.45, 7) is 0. The maximum absolute atomic E-state index is 13.0. The lowest BCUT2D eigenvalue weighted by atomic mass is 10.2. The van der Waals surface area contributed by atoms with Gasteiger partial charge in [-0.1, -0.05) is 0 Å². The van der Waals surface area contributed by atoms with E-state index >= 15 is 0 Å². The summed E-state index contributed by atoms with van der Waals surface area (Å²) >= 11 is 5.02. The van der Waals surface area contributed by atoms with E-state index in [0.29, 0.717) is 6.07 Å². The average molecular weight is 240 g/mol. The number of aromatic nitrogens is 1. The van der Waals surface area contributed by atoms with Gasteiger partial charge < -0.3 is 4.74 Å². The Balaban J connectivity index is 3.39. The van der Waals surface area contributed by atoms with Gasteiger partial charge in [0.05, 0.1) is 12.7 Å². The highest BCUT2D eigenvalue weighted by molar-refractivity contribution is 6.67. The molecular formula is C8H5ClF3NO2. The number of carbonyl (C=O) groups excluding carboxylic acids is 1. The van der Waals surface area contributed by atoms with E-state index in [1.165, 1.54) is 0 Å². The topological polar surface area (TPSA) is 39.2 Å². The summed E-state index contributed by atoms with van der Waals surface area (Å²) in [7, 11) is 1.09. The fourth-order valence-corrected chi connectivity index (χ4v) is 1.10. The molecule has 0 unspecified atom stereocenters. The minimum Gasteiger partial charge on any atom is -0.479 e. The first kappa shape index (κ1) is 11.8. The predicted molar refractivity (Wildman–Crippen MR) is 45.9 cm³/mol. The van der Waals surface area contributed by atoms with Gasteiger partial charge in [-0.15, -0.1) is 0 Å². The zero-order valence-corrected chi connectivity index (χ0v) is 8.19. The Labute approximate surface area is 87.8 Å². The first-order valence-corrected chi connectivity index (χ1v) is 4.07. The highest BCUT2D eigenvalue weighted by atomic mass is 35.5. The first-order chi connectivity index (χ1) is 6.97. The smallest absolute Gasteiger partial charge is 0.271 e. The molecule has 0 fully saturated rings. The normalized spacial score (nSPS) is 10.5. The number of hydrogen-bond acceptors (Lipinski definition) is 3. The van der Waals surface area contributed by atoms with Gasteiger partial charge in [0.15, 0.2) is 5.82 Å². The number of ether oxygens (including phenoxy) is 1. The van der Waals surface area contributed by atoms with Gasteiger partial charge >= 0.3 is 0 Å². The van der Waals surface area contributed by atoms with E-state index in [1.54, 1.807) is 0 Å². The van der Waals surface area contributed by atoms with Crippen molar-refractivity contribution < 1.29 is 22.7 Å². The Morgan fingerprint density at radius 1 is 1.60 bits per heavy atom. The van der Waals surface area contributed by atoms with Gasteiger partial charge in [0.25, 0.3) is 17.5 Å². The van der Waals surface area contributed by atoms with E-state index in [2.05, 4.69) is 9.72 Å². The zero-order valence-electron chi connectivity index (χ0n) is 7.43. The summed E-state index contributed by atoms with van der Waals surface area (Å²) in [5.74, 6) is -1.63. The molecule has 3 nitrogen and oxygen atoms in total. The van der Waals surface area contributed by atoms with E-state index in [4.69, 9.17) is 11.6 Å². The maximum atomic E-state index is 13.0. The van der Waals surface area contributed by atoms with Crippen LogP contribution < -0.4 is 4.74 Å². The van der Waals surface area contributed by atoms with Crippen molar-refractivity contribution in [2.24, 2.45) is 0 Å². The summed E-state index contributed by atoms with van der Waals surface area (Å²) in [5.41, 5.74) is -1.56. The molecule has 7 heteroatoms. The van der Waals surface area contributed by atoms with Crippen molar-refractivity contribution in [3.05, 3.63) is 23.1 Å². The molecule has 0 aliphatic heterocycles. The number of hydrogen-bond donors (Lipinski definition) is 0.